The Labute approximate surface area is 91.1 Å². The number of benzene rings is 1. The van der Waals surface area contributed by atoms with Crippen LogP contribution in [0.5, 0.6) is 0 Å². The molecule has 0 fully saturated rings. The van der Waals surface area contributed by atoms with Crippen molar-refractivity contribution in [1.29, 1.82) is 5.26 Å². The Morgan fingerprint density at radius 1 is 1.47 bits per heavy atom. The predicted molar refractivity (Wildman–Crippen MR) is 63.7 cm³/mol. The molecule has 1 aromatic rings. The maximum Gasteiger partial charge on any atom is 0.0643 e. The van der Waals surface area contributed by atoms with Gasteiger partial charge in [0.25, 0.3) is 0 Å². The molecule has 1 aromatic carbocycles. The Hall–Kier alpha value is -1.69. The summed E-state index contributed by atoms with van der Waals surface area (Å²) >= 11 is 0. The summed E-state index contributed by atoms with van der Waals surface area (Å²) in [4.78, 5) is 2.08. The van der Waals surface area contributed by atoms with Gasteiger partial charge in [0.2, 0.25) is 0 Å². The van der Waals surface area contributed by atoms with E-state index in [1.807, 2.05) is 33.0 Å². The van der Waals surface area contributed by atoms with Gasteiger partial charge in [0.05, 0.1) is 12.5 Å². The maximum atomic E-state index is 8.64. The zero-order valence-electron chi connectivity index (χ0n) is 9.49. The third kappa shape index (κ3) is 2.88. The molecule has 0 amide bonds. The lowest BCUT2D eigenvalue weighted by Gasteiger charge is -2.25. The first-order valence-electron chi connectivity index (χ1n) is 5.01. The molecule has 0 spiro atoms. The van der Waals surface area contributed by atoms with Crippen molar-refractivity contribution in [3.8, 4) is 6.07 Å². The van der Waals surface area contributed by atoms with E-state index in [-0.39, 0.29) is 6.04 Å². The summed E-state index contributed by atoms with van der Waals surface area (Å²) in [5, 5.41) is 8.64. The van der Waals surface area contributed by atoms with Gasteiger partial charge in [-0.05, 0) is 37.6 Å². The van der Waals surface area contributed by atoms with Crippen LogP contribution in [0, 0.1) is 18.3 Å². The fraction of sp³-hybridized carbons (Fsp3) is 0.417. The number of hydrogen-bond acceptors (Lipinski definition) is 3. The molecular formula is C12H17N3. The van der Waals surface area contributed by atoms with Crippen LogP contribution in [-0.2, 0) is 0 Å². The molecule has 80 valence electrons. The minimum Gasteiger partial charge on any atom is -0.399 e. The van der Waals surface area contributed by atoms with E-state index in [9.17, 15) is 0 Å². The van der Waals surface area contributed by atoms with Crippen LogP contribution in [0.15, 0.2) is 18.2 Å². The minimum absolute atomic E-state index is 0.205. The van der Waals surface area contributed by atoms with Gasteiger partial charge in [-0.25, -0.2) is 0 Å². The van der Waals surface area contributed by atoms with Crippen LogP contribution < -0.4 is 10.6 Å². The van der Waals surface area contributed by atoms with Crippen molar-refractivity contribution in [1.82, 2.24) is 0 Å². The van der Waals surface area contributed by atoms with Gasteiger partial charge in [-0.3, -0.25) is 0 Å². The molecule has 15 heavy (non-hydrogen) atoms. The largest absolute Gasteiger partial charge is 0.399 e. The zero-order valence-corrected chi connectivity index (χ0v) is 9.49. The third-order valence-corrected chi connectivity index (χ3v) is 2.54. The van der Waals surface area contributed by atoms with E-state index in [1.54, 1.807) is 0 Å². The predicted octanol–water partition coefficient (Wildman–Crippen LogP) is 2.32. The molecule has 0 saturated heterocycles. The highest BCUT2D eigenvalue weighted by Gasteiger charge is 2.09. The number of aryl methyl sites for hydroxylation is 1. The van der Waals surface area contributed by atoms with Crippen LogP contribution in [0.4, 0.5) is 11.4 Å². The summed E-state index contributed by atoms with van der Waals surface area (Å²) in [5.41, 5.74) is 8.75. The first-order valence-corrected chi connectivity index (χ1v) is 5.01. The second-order valence-electron chi connectivity index (χ2n) is 3.92. The monoisotopic (exact) mass is 203 g/mol. The van der Waals surface area contributed by atoms with E-state index in [0.29, 0.717) is 6.42 Å². The molecule has 3 heteroatoms. The van der Waals surface area contributed by atoms with Crippen LogP contribution in [-0.4, -0.2) is 13.1 Å². The molecule has 0 aliphatic carbocycles. The fourth-order valence-corrected chi connectivity index (χ4v) is 1.52. The Morgan fingerprint density at radius 2 is 2.13 bits per heavy atom. The van der Waals surface area contributed by atoms with Gasteiger partial charge in [0.15, 0.2) is 0 Å². The van der Waals surface area contributed by atoms with E-state index < -0.39 is 0 Å². The summed E-state index contributed by atoms with van der Waals surface area (Å²) in [6.07, 6.45) is 0.518. The summed E-state index contributed by atoms with van der Waals surface area (Å²) in [5.74, 6) is 0. The molecule has 0 heterocycles. The molecule has 0 saturated carbocycles. The summed E-state index contributed by atoms with van der Waals surface area (Å²) in [7, 11) is 1.98. The highest BCUT2D eigenvalue weighted by Crippen LogP contribution is 2.21. The van der Waals surface area contributed by atoms with Crippen molar-refractivity contribution in [3.63, 3.8) is 0 Å². The lowest BCUT2D eigenvalue weighted by molar-refractivity contribution is 0.702. The average molecular weight is 203 g/mol. The van der Waals surface area contributed by atoms with Gasteiger partial charge in [0, 0.05) is 24.5 Å². The number of rotatable bonds is 3. The fourth-order valence-electron chi connectivity index (χ4n) is 1.52. The summed E-state index contributed by atoms with van der Waals surface area (Å²) in [6.45, 7) is 4.05. The van der Waals surface area contributed by atoms with Crippen LogP contribution >= 0.6 is 0 Å². The lowest BCUT2D eigenvalue weighted by Crippen LogP contribution is -2.28. The van der Waals surface area contributed by atoms with Gasteiger partial charge < -0.3 is 10.6 Å². The summed E-state index contributed by atoms with van der Waals surface area (Å²) < 4.78 is 0. The molecule has 0 radical (unpaired) electrons. The van der Waals surface area contributed by atoms with E-state index >= 15 is 0 Å². The van der Waals surface area contributed by atoms with Gasteiger partial charge in [-0.2, -0.15) is 5.26 Å². The van der Waals surface area contributed by atoms with Crippen molar-refractivity contribution >= 4 is 11.4 Å². The maximum absolute atomic E-state index is 8.64. The number of nitriles is 1. The van der Waals surface area contributed by atoms with Crippen molar-refractivity contribution in [2.45, 2.75) is 26.3 Å². The van der Waals surface area contributed by atoms with Crippen LogP contribution in [0.2, 0.25) is 0 Å². The number of nitrogens with zero attached hydrogens (tertiary/aromatic N) is 2. The highest BCUT2D eigenvalue weighted by atomic mass is 15.1. The van der Waals surface area contributed by atoms with Crippen LogP contribution in [0.1, 0.15) is 18.9 Å². The molecule has 1 unspecified atom stereocenters. The highest BCUT2D eigenvalue weighted by molar-refractivity contribution is 5.58. The van der Waals surface area contributed by atoms with E-state index in [4.69, 9.17) is 11.0 Å². The van der Waals surface area contributed by atoms with Gasteiger partial charge in [-0.15, -0.1) is 0 Å². The molecule has 0 bridgehead atoms. The van der Waals surface area contributed by atoms with Gasteiger partial charge in [-0.1, -0.05) is 0 Å². The van der Waals surface area contributed by atoms with Gasteiger partial charge >= 0.3 is 0 Å². The number of nitrogen functional groups attached to an aromatic ring is 1. The van der Waals surface area contributed by atoms with E-state index in [0.717, 1.165) is 16.9 Å². The first-order chi connectivity index (χ1) is 7.04. The topological polar surface area (TPSA) is 53.0 Å². The zero-order chi connectivity index (χ0) is 11.4. The van der Waals surface area contributed by atoms with E-state index in [2.05, 4.69) is 17.0 Å². The van der Waals surface area contributed by atoms with Crippen molar-refractivity contribution in [2.75, 3.05) is 17.7 Å². The van der Waals surface area contributed by atoms with E-state index in [1.165, 1.54) is 0 Å². The SMILES string of the molecule is Cc1cc(N)cc(N(C)C(C)CC#N)c1. The minimum atomic E-state index is 0.205. The molecule has 1 rings (SSSR count). The number of nitrogens with two attached hydrogens (primary N) is 1. The molecule has 1 atom stereocenters. The van der Waals surface area contributed by atoms with Gasteiger partial charge in [0.1, 0.15) is 0 Å². The smallest absolute Gasteiger partial charge is 0.0643 e. The second kappa shape index (κ2) is 4.70. The molecule has 3 nitrogen and oxygen atoms in total. The molecule has 0 aliphatic heterocycles. The van der Waals surface area contributed by atoms with Crippen molar-refractivity contribution < 1.29 is 0 Å². The Balaban J connectivity index is 2.91. The van der Waals surface area contributed by atoms with Crippen molar-refractivity contribution in [3.05, 3.63) is 23.8 Å². The van der Waals surface area contributed by atoms with Crippen LogP contribution in [0.25, 0.3) is 0 Å². The molecular weight excluding hydrogens is 186 g/mol. The molecule has 0 aromatic heterocycles. The standard InChI is InChI=1S/C12H17N3/c1-9-6-11(14)8-12(7-9)15(3)10(2)4-5-13/h6-8,10H,4,14H2,1-3H3. The first kappa shape index (κ1) is 11.4. The average Bonchev–Trinajstić information content (AvgIpc) is 2.15. The Kier molecular flexibility index (Phi) is 3.56. The number of hydrogen-bond donors (Lipinski definition) is 1. The second-order valence-corrected chi connectivity index (χ2v) is 3.92. The third-order valence-electron chi connectivity index (χ3n) is 2.54. The molecule has 0 aliphatic rings. The normalized spacial score (nSPS) is 11.9. The quantitative estimate of drug-likeness (QED) is 0.767. The number of anilines is 2. The Morgan fingerprint density at radius 3 is 2.67 bits per heavy atom. The van der Waals surface area contributed by atoms with Crippen LogP contribution in [0.3, 0.4) is 0 Å². The van der Waals surface area contributed by atoms with Crippen molar-refractivity contribution in [2.24, 2.45) is 0 Å². The summed E-state index contributed by atoms with van der Waals surface area (Å²) in [6, 6.07) is 8.32. The molecule has 2 N–H and O–H groups in total. The lowest BCUT2D eigenvalue weighted by atomic mass is 10.1. The Bertz CT molecular complexity index is 359.